The number of fused-ring (bicyclic) bond motifs is 1. The summed E-state index contributed by atoms with van der Waals surface area (Å²) in [4.78, 5) is 36.3. The first-order valence-corrected chi connectivity index (χ1v) is 16.8. The first-order valence-electron chi connectivity index (χ1n) is 16.8. The molecule has 11 nitrogen and oxygen atoms in total. The summed E-state index contributed by atoms with van der Waals surface area (Å²) in [5.74, 6) is 1.45. The summed E-state index contributed by atoms with van der Waals surface area (Å²) in [5.41, 5.74) is 2.83. The van der Waals surface area contributed by atoms with E-state index in [4.69, 9.17) is 14.2 Å². The minimum Gasteiger partial charge on any atom is -0.512 e. The molecule has 0 spiro atoms. The van der Waals surface area contributed by atoms with Gasteiger partial charge in [0.25, 0.3) is 5.78 Å². The molecule has 1 amide bonds. The predicted molar refractivity (Wildman–Crippen MR) is 178 cm³/mol. The van der Waals surface area contributed by atoms with Gasteiger partial charge in [-0.2, -0.15) is 4.98 Å². The van der Waals surface area contributed by atoms with E-state index in [1.54, 1.807) is 11.6 Å². The van der Waals surface area contributed by atoms with Crippen LogP contribution in [0.15, 0.2) is 35.6 Å². The molecule has 1 aliphatic carbocycles. The number of nitrogens with zero attached hydrogens (tertiary/aromatic N) is 5. The van der Waals surface area contributed by atoms with Gasteiger partial charge in [-0.1, -0.05) is 31.9 Å². The van der Waals surface area contributed by atoms with Gasteiger partial charge in [-0.25, -0.2) is 19.1 Å². The number of esters is 1. The topological polar surface area (TPSA) is 128 Å². The van der Waals surface area contributed by atoms with Gasteiger partial charge in [0.2, 0.25) is 0 Å². The number of aromatic nitrogens is 4. The molecule has 0 saturated heterocycles. The number of rotatable bonds is 11. The van der Waals surface area contributed by atoms with Crippen LogP contribution < -0.4 is 4.74 Å². The zero-order valence-electron chi connectivity index (χ0n) is 28.9. The van der Waals surface area contributed by atoms with Gasteiger partial charge in [-0.15, -0.1) is 5.10 Å². The minimum absolute atomic E-state index is 0.0715. The summed E-state index contributed by atoms with van der Waals surface area (Å²) in [5, 5.41) is 15.9. The van der Waals surface area contributed by atoms with Gasteiger partial charge in [0.15, 0.2) is 5.82 Å². The third-order valence-corrected chi connectivity index (χ3v) is 9.19. The van der Waals surface area contributed by atoms with E-state index in [2.05, 4.69) is 28.1 Å². The van der Waals surface area contributed by atoms with Crippen molar-refractivity contribution >= 4 is 17.8 Å². The van der Waals surface area contributed by atoms with Crippen LogP contribution in [0, 0.1) is 19.8 Å². The normalized spacial score (nSPS) is 18.9. The Labute approximate surface area is 277 Å². The van der Waals surface area contributed by atoms with Crippen LogP contribution in [0.5, 0.6) is 5.75 Å². The van der Waals surface area contributed by atoms with E-state index in [9.17, 15) is 14.7 Å². The van der Waals surface area contributed by atoms with Crippen LogP contribution in [-0.2, 0) is 33.5 Å². The number of aliphatic hydroxyl groups is 1. The molecule has 2 aliphatic rings. The lowest BCUT2D eigenvalue weighted by molar-refractivity contribution is -0.167. The highest BCUT2D eigenvalue weighted by molar-refractivity contribution is 5.90. The first kappa shape index (κ1) is 34.2. The minimum atomic E-state index is -0.767. The van der Waals surface area contributed by atoms with E-state index < -0.39 is 17.2 Å². The van der Waals surface area contributed by atoms with Crippen molar-refractivity contribution < 1.29 is 28.9 Å². The first-order chi connectivity index (χ1) is 22.3. The number of aryl methyl sites for hydroxylation is 4. The van der Waals surface area contributed by atoms with E-state index in [1.807, 2.05) is 52.8 Å². The van der Waals surface area contributed by atoms with Gasteiger partial charge < -0.3 is 24.2 Å². The van der Waals surface area contributed by atoms with Crippen LogP contribution in [0.3, 0.4) is 0 Å². The van der Waals surface area contributed by atoms with Gasteiger partial charge in [-0.05, 0) is 95.9 Å². The molecular weight excluding hydrogens is 598 g/mol. The van der Waals surface area contributed by atoms with Crippen molar-refractivity contribution in [1.82, 2.24) is 24.5 Å². The lowest BCUT2D eigenvalue weighted by Crippen LogP contribution is -2.46. The molecule has 3 aromatic rings. The highest BCUT2D eigenvalue weighted by Crippen LogP contribution is 2.46. The predicted octanol–water partition coefficient (Wildman–Crippen LogP) is 6.41. The van der Waals surface area contributed by atoms with E-state index >= 15 is 0 Å². The quantitative estimate of drug-likeness (QED) is 0.235. The maximum atomic E-state index is 13.6. The van der Waals surface area contributed by atoms with Crippen molar-refractivity contribution in [2.75, 3.05) is 20.2 Å². The number of carbonyl (C=O) groups excluding carboxylic acids is 2. The summed E-state index contributed by atoms with van der Waals surface area (Å²) >= 11 is 0. The molecule has 47 heavy (non-hydrogen) atoms. The van der Waals surface area contributed by atoms with Crippen molar-refractivity contribution in [2.24, 2.45) is 5.92 Å². The fourth-order valence-corrected chi connectivity index (χ4v) is 6.71. The number of hydrogen-bond donors (Lipinski definition) is 1. The zero-order valence-corrected chi connectivity index (χ0v) is 28.9. The molecule has 5 rings (SSSR count). The second kappa shape index (κ2) is 13.9. The largest absolute Gasteiger partial charge is 0.512 e. The number of aliphatic hydroxyl groups excluding tert-OH is 1. The average Bonchev–Trinajstić information content (AvgIpc) is 3.68. The SMILES string of the molecule is CCc1cc(CCC2(C3CCCC3)CC(O)=C(Cc3nc4nc(C)cc(C)n4n3)C(=O)O2)ccc1OCCN(C)C(=O)OC(C)(C)C. The third-order valence-electron chi connectivity index (χ3n) is 9.19. The smallest absolute Gasteiger partial charge is 0.410 e. The molecule has 1 aromatic carbocycles. The number of benzene rings is 1. The van der Waals surface area contributed by atoms with Crippen molar-refractivity contribution in [3.63, 3.8) is 0 Å². The number of hydrogen-bond acceptors (Lipinski definition) is 9. The Morgan fingerprint density at radius 2 is 1.91 bits per heavy atom. The molecule has 0 bridgehead atoms. The second-order valence-electron chi connectivity index (χ2n) is 14.0. The number of cyclic esters (lactones) is 1. The number of likely N-dealkylation sites (N-methyl/N-ethyl adjacent to an activating group) is 1. The molecule has 1 fully saturated rings. The van der Waals surface area contributed by atoms with Crippen molar-refractivity contribution in [3.8, 4) is 5.75 Å². The second-order valence-corrected chi connectivity index (χ2v) is 14.0. The molecule has 2 aromatic heterocycles. The molecule has 11 heteroatoms. The van der Waals surface area contributed by atoms with Crippen molar-refractivity contribution in [1.29, 1.82) is 0 Å². The van der Waals surface area contributed by atoms with Crippen molar-refractivity contribution in [2.45, 2.75) is 111 Å². The van der Waals surface area contributed by atoms with Gasteiger partial charge in [0.1, 0.15) is 29.3 Å². The highest BCUT2D eigenvalue weighted by atomic mass is 16.6. The number of carbonyl (C=O) groups is 2. The summed E-state index contributed by atoms with van der Waals surface area (Å²) in [6.07, 6.45) is 6.20. The van der Waals surface area contributed by atoms with Crippen LogP contribution in [0.25, 0.3) is 5.78 Å². The Morgan fingerprint density at radius 3 is 2.60 bits per heavy atom. The standard InChI is InChI=1S/C36H49N5O6/c1-8-26-20-25(13-14-30(26)45-18-17-40(7)34(44)47-35(4,5)6)15-16-36(27-11-9-10-12-27)22-29(42)28(32(43)46-36)21-31-38-33-37-23(2)19-24(3)41(33)39-31/h13-14,19-20,27,42H,8-12,15-18,21-22H2,1-7H3. The molecule has 1 unspecified atom stereocenters. The summed E-state index contributed by atoms with van der Waals surface area (Å²) < 4.78 is 19.5. The molecule has 1 aliphatic heterocycles. The number of amides is 1. The maximum Gasteiger partial charge on any atom is 0.410 e. The molecule has 3 heterocycles. The maximum absolute atomic E-state index is 13.6. The van der Waals surface area contributed by atoms with Gasteiger partial charge >= 0.3 is 12.1 Å². The molecule has 254 valence electrons. The Balaban J connectivity index is 1.27. The number of ether oxygens (including phenoxy) is 3. The van der Waals surface area contributed by atoms with Gasteiger partial charge in [0.05, 0.1) is 12.1 Å². The van der Waals surface area contributed by atoms with E-state index in [0.717, 1.165) is 60.4 Å². The Morgan fingerprint density at radius 1 is 1.17 bits per heavy atom. The van der Waals surface area contributed by atoms with E-state index in [-0.39, 0.29) is 36.2 Å². The van der Waals surface area contributed by atoms with Crippen LogP contribution in [-0.4, -0.2) is 73.1 Å². The molecule has 1 N–H and O–H groups in total. The summed E-state index contributed by atoms with van der Waals surface area (Å²) in [6.45, 7) is 12.2. The van der Waals surface area contributed by atoms with Crippen LogP contribution >= 0.6 is 0 Å². The Hall–Kier alpha value is -4.15. The average molecular weight is 648 g/mol. The zero-order chi connectivity index (χ0) is 33.9. The molecule has 0 radical (unpaired) electrons. The fraction of sp³-hybridized carbons (Fsp3) is 0.583. The van der Waals surface area contributed by atoms with Crippen LogP contribution in [0.4, 0.5) is 4.79 Å². The van der Waals surface area contributed by atoms with Crippen molar-refractivity contribution in [3.05, 3.63) is 63.9 Å². The highest BCUT2D eigenvalue weighted by Gasteiger charge is 2.48. The third kappa shape index (κ3) is 8.05. The van der Waals surface area contributed by atoms with Gasteiger partial charge in [-0.3, -0.25) is 0 Å². The fourth-order valence-electron chi connectivity index (χ4n) is 6.71. The molecule has 1 atom stereocenters. The van der Waals surface area contributed by atoms with E-state index in [1.165, 1.54) is 4.90 Å². The monoisotopic (exact) mass is 647 g/mol. The Kier molecular flexibility index (Phi) is 10.1. The summed E-state index contributed by atoms with van der Waals surface area (Å²) in [6, 6.07) is 8.10. The molecular formula is C36H49N5O6. The Bertz CT molecular complexity index is 1650. The lowest BCUT2D eigenvalue weighted by Gasteiger charge is -2.41. The summed E-state index contributed by atoms with van der Waals surface area (Å²) in [7, 11) is 1.70. The molecule has 1 saturated carbocycles. The van der Waals surface area contributed by atoms with Gasteiger partial charge in [0, 0.05) is 31.3 Å². The lowest BCUT2D eigenvalue weighted by atomic mass is 9.76. The van der Waals surface area contributed by atoms with Crippen LogP contribution in [0.1, 0.15) is 94.6 Å². The van der Waals surface area contributed by atoms with Crippen LogP contribution in [0.2, 0.25) is 0 Å². The van der Waals surface area contributed by atoms with E-state index in [0.29, 0.717) is 37.6 Å².